The van der Waals surface area contributed by atoms with E-state index < -0.39 is 29.5 Å². The monoisotopic (exact) mass is 363 g/mol. The van der Waals surface area contributed by atoms with Gasteiger partial charge in [-0.3, -0.25) is 14.5 Å². The third-order valence-electron chi connectivity index (χ3n) is 3.66. The average molecular weight is 364 g/mol. The van der Waals surface area contributed by atoms with Crippen molar-refractivity contribution in [2.45, 2.75) is 45.2 Å². The van der Waals surface area contributed by atoms with Crippen molar-refractivity contribution in [1.82, 2.24) is 4.90 Å². The zero-order chi connectivity index (χ0) is 18.3. The molecule has 0 fully saturated rings. The van der Waals surface area contributed by atoms with Gasteiger partial charge in [0.1, 0.15) is 0 Å². The summed E-state index contributed by atoms with van der Waals surface area (Å²) in [5, 5.41) is 0. The van der Waals surface area contributed by atoms with E-state index in [0.717, 1.165) is 11.0 Å². The maximum absolute atomic E-state index is 13.3. The highest BCUT2D eigenvalue weighted by molar-refractivity contribution is 6.17. The van der Waals surface area contributed by atoms with Crippen LogP contribution >= 0.6 is 11.6 Å². The van der Waals surface area contributed by atoms with E-state index in [9.17, 15) is 22.8 Å². The van der Waals surface area contributed by atoms with Crippen LogP contribution in [0.4, 0.5) is 13.2 Å². The summed E-state index contributed by atoms with van der Waals surface area (Å²) in [6, 6.07) is 4.99. The summed E-state index contributed by atoms with van der Waals surface area (Å²) < 4.78 is 39.9. The summed E-state index contributed by atoms with van der Waals surface area (Å²) >= 11 is 5.66. The van der Waals surface area contributed by atoms with Crippen molar-refractivity contribution >= 4 is 23.4 Å². The topological polar surface area (TPSA) is 37.4 Å². The van der Waals surface area contributed by atoms with Gasteiger partial charge >= 0.3 is 6.18 Å². The summed E-state index contributed by atoms with van der Waals surface area (Å²) in [6.07, 6.45) is -3.50. The molecule has 0 aliphatic carbocycles. The molecule has 1 aromatic rings. The molecule has 0 aliphatic rings. The smallest absolute Gasteiger partial charge is 0.282 e. The first-order valence-electron chi connectivity index (χ1n) is 7.78. The van der Waals surface area contributed by atoms with E-state index in [2.05, 4.69) is 0 Å². The predicted octanol–water partition coefficient (Wildman–Crippen LogP) is 4.59. The molecule has 1 atom stereocenters. The van der Waals surface area contributed by atoms with Gasteiger partial charge in [-0.2, -0.15) is 13.2 Å². The van der Waals surface area contributed by atoms with Gasteiger partial charge in [0.2, 0.25) is 11.8 Å². The molecule has 134 valence electrons. The van der Waals surface area contributed by atoms with Crippen LogP contribution in [0.3, 0.4) is 0 Å². The lowest BCUT2D eigenvalue weighted by Gasteiger charge is -2.26. The van der Waals surface area contributed by atoms with Crippen LogP contribution in [0, 0.1) is 0 Å². The van der Waals surface area contributed by atoms with Crippen molar-refractivity contribution < 1.29 is 22.8 Å². The van der Waals surface area contributed by atoms with Gasteiger partial charge in [-0.25, -0.2) is 0 Å². The molecule has 0 saturated carbocycles. The number of alkyl halides is 4. The number of carbonyl (C=O) groups excluding carboxylic acids is 2. The summed E-state index contributed by atoms with van der Waals surface area (Å²) in [7, 11) is 0. The molecule has 1 rings (SSSR count). The lowest BCUT2D eigenvalue weighted by Crippen LogP contribution is -2.39. The second-order valence-corrected chi connectivity index (χ2v) is 5.86. The van der Waals surface area contributed by atoms with E-state index in [1.165, 1.54) is 25.1 Å². The first kappa shape index (κ1) is 20.5. The zero-order valence-corrected chi connectivity index (χ0v) is 14.5. The van der Waals surface area contributed by atoms with E-state index in [4.69, 9.17) is 11.6 Å². The van der Waals surface area contributed by atoms with Gasteiger partial charge in [-0.15, -0.1) is 11.6 Å². The Hall–Kier alpha value is -1.56. The number of hydrogen-bond donors (Lipinski definition) is 0. The maximum atomic E-state index is 13.3. The Morgan fingerprint density at radius 3 is 2.38 bits per heavy atom. The van der Waals surface area contributed by atoms with Gasteiger partial charge in [-0.05, 0) is 30.9 Å². The second kappa shape index (κ2) is 9.06. The molecule has 0 bridgehead atoms. The van der Waals surface area contributed by atoms with Crippen LogP contribution in [-0.4, -0.2) is 29.1 Å². The number of amides is 2. The number of imide groups is 1. The zero-order valence-electron chi connectivity index (χ0n) is 13.7. The SMILES string of the molecule is CCCN(C(C)=O)C(=O)C(CCCCl)c1ccccc1C(F)(F)F. The number of halogens is 4. The van der Waals surface area contributed by atoms with E-state index >= 15 is 0 Å². The molecule has 0 aromatic heterocycles. The van der Waals surface area contributed by atoms with Crippen LogP contribution < -0.4 is 0 Å². The molecule has 24 heavy (non-hydrogen) atoms. The molecule has 0 saturated heterocycles. The largest absolute Gasteiger partial charge is 0.416 e. The highest BCUT2D eigenvalue weighted by Crippen LogP contribution is 2.37. The molecule has 2 amide bonds. The van der Waals surface area contributed by atoms with Gasteiger partial charge in [0, 0.05) is 19.3 Å². The van der Waals surface area contributed by atoms with Gasteiger partial charge in [-0.1, -0.05) is 25.1 Å². The lowest BCUT2D eigenvalue weighted by molar-refractivity contribution is -0.145. The fraction of sp³-hybridized carbons (Fsp3) is 0.529. The molecule has 1 aromatic carbocycles. The van der Waals surface area contributed by atoms with Crippen LogP contribution in [0.5, 0.6) is 0 Å². The Bertz CT molecular complexity index is 575. The minimum Gasteiger partial charge on any atom is -0.282 e. The molecule has 0 N–H and O–H groups in total. The van der Waals surface area contributed by atoms with Crippen molar-refractivity contribution in [2.24, 2.45) is 0 Å². The molecular weight excluding hydrogens is 343 g/mol. The molecule has 0 radical (unpaired) electrons. The minimum absolute atomic E-state index is 0.109. The summed E-state index contributed by atoms with van der Waals surface area (Å²) in [5.41, 5.74) is -0.958. The summed E-state index contributed by atoms with van der Waals surface area (Å²) in [4.78, 5) is 25.5. The van der Waals surface area contributed by atoms with Gasteiger partial charge < -0.3 is 0 Å². The number of benzene rings is 1. The van der Waals surface area contributed by atoms with E-state index in [0.29, 0.717) is 12.8 Å². The Morgan fingerprint density at radius 2 is 1.88 bits per heavy atom. The molecule has 0 spiro atoms. The first-order valence-corrected chi connectivity index (χ1v) is 8.31. The van der Waals surface area contributed by atoms with Crippen LogP contribution in [-0.2, 0) is 15.8 Å². The number of nitrogens with zero attached hydrogens (tertiary/aromatic N) is 1. The third kappa shape index (κ3) is 5.23. The van der Waals surface area contributed by atoms with Gasteiger partial charge in [0.15, 0.2) is 0 Å². The van der Waals surface area contributed by atoms with E-state index in [1.54, 1.807) is 6.92 Å². The Kier molecular flexibility index (Phi) is 7.73. The van der Waals surface area contributed by atoms with Crippen LogP contribution in [0.2, 0.25) is 0 Å². The first-order chi connectivity index (χ1) is 11.2. The Balaban J connectivity index is 3.32. The van der Waals surface area contributed by atoms with Gasteiger partial charge in [0.25, 0.3) is 0 Å². The normalized spacial score (nSPS) is 12.8. The molecule has 1 unspecified atom stereocenters. The third-order valence-corrected chi connectivity index (χ3v) is 3.93. The number of carbonyl (C=O) groups is 2. The fourth-order valence-electron chi connectivity index (χ4n) is 2.59. The van der Waals surface area contributed by atoms with Crippen molar-refractivity contribution in [3.05, 3.63) is 35.4 Å². The highest BCUT2D eigenvalue weighted by atomic mass is 35.5. The predicted molar refractivity (Wildman–Crippen MR) is 86.8 cm³/mol. The number of rotatable bonds is 7. The fourth-order valence-corrected chi connectivity index (χ4v) is 2.74. The van der Waals surface area contributed by atoms with Crippen LogP contribution in [0.15, 0.2) is 24.3 Å². The quantitative estimate of drug-likeness (QED) is 0.664. The maximum Gasteiger partial charge on any atom is 0.416 e. The van der Waals surface area contributed by atoms with E-state index in [-0.39, 0.29) is 24.4 Å². The van der Waals surface area contributed by atoms with Gasteiger partial charge in [0.05, 0.1) is 11.5 Å². The van der Waals surface area contributed by atoms with Crippen molar-refractivity contribution in [2.75, 3.05) is 12.4 Å². The molecule has 7 heteroatoms. The van der Waals surface area contributed by atoms with Crippen LogP contribution in [0.25, 0.3) is 0 Å². The lowest BCUT2D eigenvalue weighted by atomic mass is 9.89. The number of hydrogen-bond acceptors (Lipinski definition) is 2. The van der Waals surface area contributed by atoms with Crippen LogP contribution in [0.1, 0.15) is 50.2 Å². The van der Waals surface area contributed by atoms with Crippen molar-refractivity contribution in [3.63, 3.8) is 0 Å². The Morgan fingerprint density at radius 1 is 1.25 bits per heavy atom. The second-order valence-electron chi connectivity index (χ2n) is 5.48. The highest BCUT2D eigenvalue weighted by Gasteiger charge is 2.38. The molecule has 0 heterocycles. The summed E-state index contributed by atoms with van der Waals surface area (Å²) in [6.45, 7) is 3.21. The Labute approximate surface area is 144 Å². The molecule has 3 nitrogen and oxygen atoms in total. The molecular formula is C17H21ClF3NO2. The average Bonchev–Trinajstić information content (AvgIpc) is 2.52. The minimum atomic E-state index is -4.57. The van der Waals surface area contributed by atoms with Crippen molar-refractivity contribution in [1.29, 1.82) is 0 Å². The summed E-state index contributed by atoms with van der Waals surface area (Å²) in [5.74, 6) is -1.89. The standard InChI is InChI=1S/C17H21ClF3NO2/c1-3-11-22(12(2)23)16(24)14(8-6-10-18)13-7-4-5-9-15(13)17(19,20)21/h4-5,7,9,14H,3,6,8,10-11H2,1-2H3. The van der Waals surface area contributed by atoms with E-state index in [1.807, 2.05) is 0 Å². The van der Waals surface area contributed by atoms with Crippen molar-refractivity contribution in [3.8, 4) is 0 Å². The molecule has 0 aliphatic heterocycles.